The van der Waals surface area contributed by atoms with Crippen LogP contribution in [-0.4, -0.2) is 5.91 Å². The molecule has 4 nitrogen and oxygen atoms in total. The van der Waals surface area contributed by atoms with E-state index in [9.17, 15) is 4.79 Å². The van der Waals surface area contributed by atoms with Crippen molar-refractivity contribution in [3.63, 3.8) is 0 Å². The van der Waals surface area contributed by atoms with Crippen LogP contribution in [0.2, 0.25) is 0 Å². The molecule has 0 heterocycles. The number of carbonyl (C=O) groups excluding carboxylic acids is 1. The fraction of sp³-hybridized carbons (Fsp3) is 0.133. The molecule has 0 saturated heterocycles. The Kier molecular flexibility index (Phi) is 3.42. The molecule has 0 spiro atoms. The van der Waals surface area contributed by atoms with E-state index in [1.807, 2.05) is 32.0 Å². The van der Waals surface area contributed by atoms with Gasteiger partial charge in [0.15, 0.2) is 0 Å². The number of carbonyl (C=O) groups is 1. The summed E-state index contributed by atoms with van der Waals surface area (Å²) in [4.78, 5) is 11.4. The van der Waals surface area contributed by atoms with Gasteiger partial charge in [0, 0.05) is 5.69 Å². The van der Waals surface area contributed by atoms with Gasteiger partial charge in [-0.3, -0.25) is 4.79 Å². The third-order valence-electron chi connectivity index (χ3n) is 3.23. The van der Waals surface area contributed by atoms with E-state index in [1.54, 1.807) is 18.2 Å². The predicted octanol–water partition coefficient (Wildman–Crippen LogP) is 2.73. The van der Waals surface area contributed by atoms with E-state index in [-0.39, 0.29) is 0 Å². The first-order chi connectivity index (χ1) is 9.00. The molecule has 0 atom stereocenters. The van der Waals surface area contributed by atoms with E-state index < -0.39 is 5.91 Å². The average molecular weight is 255 g/mol. The number of nitrogens with two attached hydrogens (primary N) is 2. The van der Waals surface area contributed by atoms with E-state index in [2.05, 4.69) is 5.32 Å². The quantitative estimate of drug-likeness (QED) is 0.737. The Morgan fingerprint density at radius 1 is 1.11 bits per heavy atom. The van der Waals surface area contributed by atoms with Crippen molar-refractivity contribution in [1.82, 2.24) is 0 Å². The van der Waals surface area contributed by atoms with Crippen LogP contribution in [-0.2, 0) is 0 Å². The molecular formula is C15H17N3O. The summed E-state index contributed by atoms with van der Waals surface area (Å²) in [6.45, 7) is 4.05. The highest BCUT2D eigenvalue weighted by molar-refractivity contribution is 6.02. The molecule has 0 fully saturated rings. The van der Waals surface area contributed by atoms with Crippen molar-refractivity contribution in [3.05, 3.63) is 53.1 Å². The molecule has 0 aromatic heterocycles. The van der Waals surface area contributed by atoms with Crippen LogP contribution in [0.4, 0.5) is 17.1 Å². The van der Waals surface area contributed by atoms with E-state index in [0.717, 1.165) is 11.3 Å². The van der Waals surface area contributed by atoms with Crippen molar-refractivity contribution in [2.45, 2.75) is 13.8 Å². The number of rotatable bonds is 3. The molecule has 0 radical (unpaired) electrons. The predicted molar refractivity (Wildman–Crippen MR) is 78.6 cm³/mol. The maximum absolute atomic E-state index is 11.4. The second-order valence-corrected chi connectivity index (χ2v) is 4.51. The fourth-order valence-electron chi connectivity index (χ4n) is 1.94. The monoisotopic (exact) mass is 255 g/mol. The lowest BCUT2D eigenvalue weighted by atomic mass is 10.1. The SMILES string of the molecule is Cc1cccc(Nc2c(N)cccc2C(N)=O)c1C. The van der Waals surface area contributed by atoms with Gasteiger partial charge in [0.25, 0.3) is 5.91 Å². The van der Waals surface area contributed by atoms with Crippen molar-refractivity contribution >= 4 is 23.0 Å². The van der Waals surface area contributed by atoms with E-state index in [4.69, 9.17) is 11.5 Å². The number of nitrogen functional groups attached to an aromatic ring is 1. The number of hydrogen-bond donors (Lipinski definition) is 3. The molecular weight excluding hydrogens is 238 g/mol. The Labute approximate surface area is 112 Å². The van der Waals surface area contributed by atoms with Gasteiger partial charge >= 0.3 is 0 Å². The van der Waals surface area contributed by atoms with Crippen LogP contribution in [0.1, 0.15) is 21.5 Å². The topological polar surface area (TPSA) is 81.1 Å². The summed E-state index contributed by atoms with van der Waals surface area (Å²) in [5.41, 5.74) is 15.9. The van der Waals surface area contributed by atoms with Crippen molar-refractivity contribution in [2.75, 3.05) is 11.1 Å². The Morgan fingerprint density at radius 2 is 1.79 bits per heavy atom. The standard InChI is InChI=1S/C15H17N3O/c1-9-5-3-8-13(10(9)2)18-14-11(15(17)19)6-4-7-12(14)16/h3-8,18H,16H2,1-2H3,(H2,17,19). The van der Waals surface area contributed by atoms with Crippen molar-refractivity contribution < 1.29 is 4.79 Å². The first kappa shape index (κ1) is 13.0. The van der Waals surface area contributed by atoms with Crippen LogP contribution in [0, 0.1) is 13.8 Å². The lowest BCUT2D eigenvalue weighted by Gasteiger charge is -2.15. The van der Waals surface area contributed by atoms with Crippen LogP contribution < -0.4 is 16.8 Å². The molecule has 5 N–H and O–H groups in total. The summed E-state index contributed by atoms with van der Waals surface area (Å²) >= 11 is 0. The van der Waals surface area contributed by atoms with Crippen LogP contribution >= 0.6 is 0 Å². The van der Waals surface area contributed by atoms with Gasteiger partial charge in [-0.15, -0.1) is 0 Å². The number of anilines is 3. The number of hydrogen-bond acceptors (Lipinski definition) is 3. The molecule has 98 valence electrons. The highest BCUT2D eigenvalue weighted by Gasteiger charge is 2.12. The number of nitrogens with one attached hydrogen (secondary N) is 1. The van der Waals surface area contributed by atoms with Gasteiger partial charge < -0.3 is 16.8 Å². The van der Waals surface area contributed by atoms with Crippen LogP contribution in [0.25, 0.3) is 0 Å². The first-order valence-corrected chi connectivity index (χ1v) is 6.02. The first-order valence-electron chi connectivity index (χ1n) is 6.02. The number of amides is 1. The number of aryl methyl sites for hydroxylation is 1. The summed E-state index contributed by atoms with van der Waals surface area (Å²) in [7, 11) is 0. The molecule has 2 aromatic rings. The summed E-state index contributed by atoms with van der Waals surface area (Å²) < 4.78 is 0. The molecule has 0 aliphatic rings. The maximum atomic E-state index is 11.4. The van der Waals surface area contributed by atoms with Gasteiger partial charge in [-0.2, -0.15) is 0 Å². The fourth-order valence-corrected chi connectivity index (χ4v) is 1.94. The van der Waals surface area contributed by atoms with Gasteiger partial charge in [0.05, 0.1) is 16.9 Å². The van der Waals surface area contributed by atoms with E-state index in [0.29, 0.717) is 16.9 Å². The molecule has 4 heteroatoms. The highest BCUT2D eigenvalue weighted by Crippen LogP contribution is 2.29. The zero-order valence-electron chi connectivity index (χ0n) is 11.0. The minimum atomic E-state index is -0.500. The Balaban J connectivity index is 2.49. The van der Waals surface area contributed by atoms with Gasteiger partial charge in [0.2, 0.25) is 0 Å². The van der Waals surface area contributed by atoms with Gasteiger partial charge in [-0.25, -0.2) is 0 Å². The Bertz CT molecular complexity index is 635. The largest absolute Gasteiger partial charge is 0.397 e. The van der Waals surface area contributed by atoms with Crippen molar-refractivity contribution in [3.8, 4) is 0 Å². The van der Waals surface area contributed by atoms with Crippen LogP contribution in [0.5, 0.6) is 0 Å². The van der Waals surface area contributed by atoms with Crippen molar-refractivity contribution in [2.24, 2.45) is 5.73 Å². The number of para-hydroxylation sites is 1. The summed E-state index contributed by atoms with van der Waals surface area (Å²) in [5.74, 6) is -0.500. The van der Waals surface area contributed by atoms with E-state index >= 15 is 0 Å². The minimum Gasteiger partial charge on any atom is -0.397 e. The minimum absolute atomic E-state index is 0.390. The van der Waals surface area contributed by atoms with Crippen LogP contribution in [0.3, 0.4) is 0 Å². The van der Waals surface area contributed by atoms with Gasteiger partial charge in [-0.1, -0.05) is 18.2 Å². The van der Waals surface area contributed by atoms with Gasteiger partial charge in [-0.05, 0) is 43.2 Å². The summed E-state index contributed by atoms with van der Waals surface area (Å²) in [5, 5.41) is 3.21. The third-order valence-corrected chi connectivity index (χ3v) is 3.23. The third kappa shape index (κ3) is 2.52. The smallest absolute Gasteiger partial charge is 0.250 e. The molecule has 0 aliphatic carbocycles. The Morgan fingerprint density at radius 3 is 2.47 bits per heavy atom. The summed E-state index contributed by atoms with van der Waals surface area (Å²) in [6, 6.07) is 11.0. The molecule has 0 bridgehead atoms. The second-order valence-electron chi connectivity index (χ2n) is 4.51. The maximum Gasteiger partial charge on any atom is 0.250 e. The molecule has 0 aliphatic heterocycles. The van der Waals surface area contributed by atoms with Crippen molar-refractivity contribution in [1.29, 1.82) is 0 Å². The van der Waals surface area contributed by atoms with E-state index in [1.165, 1.54) is 5.56 Å². The molecule has 0 saturated carbocycles. The van der Waals surface area contributed by atoms with Crippen LogP contribution in [0.15, 0.2) is 36.4 Å². The molecule has 0 unspecified atom stereocenters. The molecule has 1 amide bonds. The zero-order valence-corrected chi connectivity index (χ0v) is 11.0. The second kappa shape index (κ2) is 5.02. The molecule has 19 heavy (non-hydrogen) atoms. The lowest BCUT2D eigenvalue weighted by Crippen LogP contribution is -2.14. The Hall–Kier alpha value is -2.49. The lowest BCUT2D eigenvalue weighted by molar-refractivity contribution is 0.100. The molecule has 2 rings (SSSR count). The number of benzene rings is 2. The number of primary amides is 1. The summed E-state index contributed by atoms with van der Waals surface area (Å²) in [6.07, 6.45) is 0. The molecule has 2 aromatic carbocycles. The normalized spacial score (nSPS) is 10.2. The highest BCUT2D eigenvalue weighted by atomic mass is 16.1. The van der Waals surface area contributed by atoms with Gasteiger partial charge in [0.1, 0.15) is 0 Å². The zero-order chi connectivity index (χ0) is 14.0. The average Bonchev–Trinajstić information content (AvgIpc) is 2.36.